The van der Waals surface area contributed by atoms with Gasteiger partial charge in [-0.3, -0.25) is 0 Å². The van der Waals surface area contributed by atoms with E-state index in [1.54, 1.807) is 0 Å². The highest BCUT2D eigenvalue weighted by atomic mass is 16.5. The number of ether oxygens (including phenoxy) is 1. The summed E-state index contributed by atoms with van der Waals surface area (Å²) in [4.78, 5) is 2.15. The van der Waals surface area contributed by atoms with Crippen LogP contribution in [-0.4, -0.2) is 63.1 Å². The minimum Gasteiger partial charge on any atom is -0.394 e. The van der Waals surface area contributed by atoms with E-state index in [-0.39, 0.29) is 6.61 Å². The van der Waals surface area contributed by atoms with E-state index in [1.807, 2.05) is 0 Å². The first-order valence-corrected chi connectivity index (χ1v) is 4.73. The van der Waals surface area contributed by atoms with E-state index in [1.165, 1.54) is 0 Å². The molecule has 2 N–H and O–H groups in total. The third kappa shape index (κ3) is 9.76. The maximum Gasteiger partial charge on any atom is 0.0698 e. The van der Waals surface area contributed by atoms with Crippen molar-refractivity contribution in [2.75, 3.05) is 47.0 Å². The number of aliphatic hydroxyl groups excluding tert-OH is 1. The summed E-state index contributed by atoms with van der Waals surface area (Å²) >= 11 is 0. The van der Waals surface area contributed by atoms with E-state index in [0.29, 0.717) is 19.3 Å². The molecule has 1 atom stereocenters. The fourth-order valence-corrected chi connectivity index (χ4v) is 1.16. The molecule has 0 aliphatic rings. The highest BCUT2D eigenvalue weighted by molar-refractivity contribution is 4.62. The van der Waals surface area contributed by atoms with E-state index >= 15 is 0 Å². The molecule has 80 valence electrons. The van der Waals surface area contributed by atoms with Crippen molar-refractivity contribution >= 4 is 0 Å². The number of hydrogen-bond acceptors (Lipinski definition) is 4. The van der Waals surface area contributed by atoms with Crippen molar-refractivity contribution in [1.29, 1.82) is 0 Å². The summed E-state index contributed by atoms with van der Waals surface area (Å²) in [6, 6.07) is 0.479. The zero-order chi connectivity index (χ0) is 10.1. The number of likely N-dealkylation sites (N-methyl/N-ethyl adjacent to an activating group) is 1. The van der Waals surface area contributed by atoms with Crippen molar-refractivity contribution in [1.82, 2.24) is 10.2 Å². The van der Waals surface area contributed by atoms with Gasteiger partial charge in [0, 0.05) is 19.1 Å². The molecule has 0 aliphatic carbocycles. The van der Waals surface area contributed by atoms with Gasteiger partial charge in [-0.15, -0.1) is 0 Å². The van der Waals surface area contributed by atoms with Crippen molar-refractivity contribution in [3.05, 3.63) is 0 Å². The van der Waals surface area contributed by atoms with Gasteiger partial charge in [0.15, 0.2) is 0 Å². The Morgan fingerprint density at radius 2 is 2.08 bits per heavy atom. The van der Waals surface area contributed by atoms with Crippen LogP contribution in [0.5, 0.6) is 0 Å². The van der Waals surface area contributed by atoms with Crippen molar-refractivity contribution in [3.8, 4) is 0 Å². The monoisotopic (exact) mass is 190 g/mol. The summed E-state index contributed by atoms with van der Waals surface area (Å²) in [7, 11) is 4.11. The van der Waals surface area contributed by atoms with Gasteiger partial charge in [-0.1, -0.05) is 0 Å². The van der Waals surface area contributed by atoms with Gasteiger partial charge in [0.05, 0.1) is 19.8 Å². The van der Waals surface area contributed by atoms with Gasteiger partial charge in [0.2, 0.25) is 0 Å². The molecule has 0 saturated heterocycles. The lowest BCUT2D eigenvalue weighted by molar-refractivity contribution is 0.0923. The lowest BCUT2D eigenvalue weighted by atomic mass is 10.3. The summed E-state index contributed by atoms with van der Waals surface area (Å²) in [5.41, 5.74) is 0. The molecular weight excluding hydrogens is 168 g/mol. The van der Waals surface area contributed by atoms with E-state index in [9.17, 15) is 0 Å². The van der Waals surface area contributed by atoms with E-state index in [2.05, 4.69) is 31.2 Å². The Bertz CT molecular complexity index is 110. The van der Waals surface area contributed by atoms with Crippen LogP contribution in [0.25, 0.3) is 0 Å². The van der Waals surface area contributed by atoms with Crippen LogP contribution in [0.1, 0.15) is 6.92 Å². The van der Waals surface area contributed by atoms with Crippen molar-refractivity contribution in [2.45, 2.75) is 13.0 Å². The number of nitrogens with one attached hydrogen (secondary N) is 1. The molecule has 0 amide bonds. The quantitative estimate of drug-likeness (QED) is 0.508. The Labute approximate surface area is 80.9 Å². The average molecular weight is 190 g/mol. The van der Waals surface area contributed by atoms with Gasteiger partial charge in [-0.2, -0.15) is 0 Å². The predicted octanol–water partition coefficient (Wildman–Crippen LogP) is -0.465. The first-order valence-electron chi connectivity index (χ1n) is 4.73. The number of rotatable bonds is 8. The Morgan fingerprint density at radius 3 is 2.62 bits per heavy atom. The Hall–Kier alpha value is -0.160. The summed E-state index contributed by atoms with van der Waals surface area (Å²) in [5, 5.41) is 11.8. The zero-order valence-corrected chi connectivity index (χ0v) is 8.92. The molecule has 0 aliphatic heterocycles. The average Bonchev–Trinajstić information content (AvgIpc) is 2.02. The molecule has 1 unspecified atom stereocenters. The molecular formula is C9H22N2O2. The second-order valence-electron chi connectivity index (χ2n) is 3.45. The standard InChI is InChI=1S/C9H22N2O2/c1-9(8-11(2)3)10-4-6-13-7-5-12/h9-10,12H,4-8H2,1-3H3. The summed E-state index contributed by atoms with van der Waals surface area (Å²) in [6.45, 7) is 5.22. The second kappa shape index (κ2) is 8.44. The van der Waals surface area contributed by atoms with Crippen LogP contribution in [0.3, 0.4) is 0 Å². The summed E-state index contributed by atoms with van der Waals surface area (Å²) in [6.07, 6.45) is 0. The van der Waals surface area contributed by atoms with Gasteiger partial charge in [0.25, 0.3) is 0 Å². The normalized spacial score (nSPS) is 13.6. The molecule has 0 heterocycles. The molecule has 0 rings (SSSR count). The minimum atomic E-state index is 0.104. The van der Waals surface area contributed by atoms with Crippen molar-refractivity contribution in [2.24, 2.45) is 0 Å². The highest BCUT2D eigenvalue weighted by Gasteiger charge is 2.00. The smallest absolute Gasteiger partial charge is 0.0698 e. The third-order valence-corrected chi connectivity index (χ3v) is 1.61. The highest BCUT2D eigenvalue weighted by Crippen LogP contribution is 1.84. The molecule has 4 heteroatoms. The van der Waals surface area contributed by atoms with Gasteiger partial charge < -0.3 is 20.1 Å². The first kappa shape index (κ1) is 12.8. The molecule has 0 aromatic carbocycles. The van der Waals surface area contributed by atoms with Crippen molar-refractivity contribution < 1.29 is 9.84 Å². The molecule has 4 nitrogen and oxygen atoms in total. The Kier molecular flexibility index (Phi) is 8.33. The maximum absolute atomic E-state index is 8.44. The van der Waals surface area contributed by atoms with Gasteiger partial charge in [-0.05, 0) is 21.0 Å². The Balaban J connectivity index is 3.12. The minimum absolute atomic E-state index is 0.104. The van der Waals surface area contributed by atoms with Crippen LogP contribution in [0.2, 0.25) is 0 Å². The lowest BCUT2D eigenvalue weighted by Gasteiger charge is -2.18. The fourth-order valence-electron chi connectivity index (χ4n) is 1.16. The number of aliphatic hydroxyl groups is 1. The Morgan fingerprint density at radius 1 is 1.38 bits per heavy atom. The molecule has 0 saturated carbocycles. The van der Waals surface area contributed by atoms with Gasteiger partial charge in [-0.25, -0.2) is 0 Å². The van der Waals surface area contributed by atoms with Crippen molar-refractivity contribution in [3.63, 3.8) is 0 Å². The predicted molar refractivity (Wildman–Crippen MR) is 53.9 cm³/mol. The van der Waals surface area contributed by atoms with E-state index in [0.717, 1.165) is 13.1 Å². The van der Waals surface area contributed by atoms with Crippen LogP contribution in [0, 0.1) is 0 Å². The van der Waals surface area contributed by atoms with Crippen LogP contribution >= 0.6 is 0 Å². The summed E-state index contributed by atoms with van der Waals surface area (Å²) < 4.78 is 5.11. The largest absolute Gasteiger partial charge is 0.394 e. The van der Waals surface area contributed by atoms with Gasteiger partial charge >= 0.3 is 0 Å². The lowest BCUT2D eigenvalue weighted by Crippen LogP contribution is -2.37. The maximum atomic E-state index is 8.44. The van der Waals surface area contributed by atoms with Crippen LogP contribution in [0.15, 0.2) is 0 Å². The molecule has 0 bridgehead atoms. The molecule has 0 aromatic rings. The first-order chi connectivity index (χ1) is 6.16. The van der Waals surface area contributed by atoms with E-state index < -0.39 is 0 Å². The third-order valence-electron chi connectivity index (χ3n) is 1.61. The van der Waals surface area contributed by atoms with Gasteiger partial charge in [0.1, 0.15) is 0 Å². The topological polar surface area (TPSA) is 44.7 Å². The SMILES string of the molecule is CC(CN(C)C)NCCOCCO. The zero-order valence-electron chi connectivity index (χ0n) is 8.92. The fraction of sp³-hybridized carbons (Fsp3) is 1.00. The molecule has 13 heavy (non-hydrogen) atoms. The van der Waals surface area contributed by atoms with E-state index in [4.69, 9.17) is 9.84 Å². The molecule has 0 aromatic heterocycles. The number of hydrogen-bond donors (Lipinski definition) is 2. The summed E-state index contributed by atoms with van der Waals surface area (Å²) in [5.74, 6) is 0. The molecule has 0 radical (unpaired) electrons. The van der Waals surface area contributed by atoms with Crippen LogP contribution in [-0.2, 0) is 4.74 Å². The van der Waals surface area contributed by atoms with Crippen LogP contribution in [0.4, 0.5) is 0 Å². The molecule has 0 spiro atoms. The molecule has 0 fully saturated rings. The number of nitrogens with zero attached hydrogens (tertiary/aromatic N) is 1. The second-order valence-corrected chi connectivity index (χ2v) is 3.45. The van der Waals surface area contributed by atoms with Crippen LogP contribution < -0.4 is 5.32 Å².